The molecule has 2 amide bonds. The van der Waals surface area contributed by atoms with E-state index in [0.717, 1.165) is 4.80 Å². The van der Waals surface area contributed by atoms with Gasteiger partial charge in [-0.1, -0.05) is 35.9 Å². The van der Waals surface area contributed by atoms with Crippen molar-refractivity contribution in [2.75, 3.05) is 5.32 Å². The van der Waals surface area contributed by atoms with Gasteiger partial charge in [0.15, 0.2) is 0 Å². The van der Waals surface area contributed by atoms with Crippen molar-refractivity contribution in [3.63, 3.8) is 0 Å². The summed E-state index contributed by atoms with van der Waals surface area (Å²) in [6.07, 6.45) is 0. The van der Waals surface area contributed by atoms with Crippen LogP contribution in [0, 0.1) is 0 Å². The number of anilines is 1. The molecule has 0 saturated heterocycles. The Hall–Kier alpha value is -3.26. The van der Waals surface area contributed by atoms with E-state index >= 15 is 0 Å². The summed E-state index contributed by atoms with van der Waals surface area (Å²) in [6, 6.07) is 13.7. The smallest absolute Gasteiger partial charge is 0.257 e. The number of carbonyl (C=O) groups excluding carboxylic acids is 2. The summed E-state index contributed by atoms with van der Waals surface area (Å²) in [7, 11) is 0. The lowest BCUT2D eigenvalue weighted by atomic mass is 10.1. The average molecular weight is 357 g/mol. The molecule has 3 rings (SSSR count). The van der Waals surface area contributed by atoms with E-state index < -0.39 is 5.91 Å². The van der Waals surface area contributed by atoms with E-state index in [2.05, 4.69) is 20.7 Å². The number of hydrogen-bond acceptors (Lipinski definition) is 5. The summed E-state index contributed by atoms with van der Waals surface area (Å²) in [5.74, 6) is -0.678. The van der Waals surface area contributed by atoms with E-state index in [1.54, 1.807) is 48.5 Å². The fourth-order valence-electron chi connectivity index (χ4n) is 2.18. The molecule has 0 fully saturated rings. The quantitative estimate of drug-likeness (QED) is 0.722. The summed E-state index contributed by atoms with van der Waals surface area (Å²) in [5.41, 5.74) is 6.51. The van der Waals surface area contributed by atoms with Gasteiger partial charge in [0.05, 0.1) is 16.3 Å². The van der Waals surface area contributed by atoms with Crippen molar-refractivity contribution in [2.24, 2.45) is 5.73 Å². The Labute approximate surface area is 147 Å². The van der Waals surface area contributed by atoms with E-state index in [1.807, 2.05) is 0 Å². The normalized spacial score (nSPS) is 10.4. The lowest BCUT2D eigenvalue weighted by molar-refractivity contribution is -0.118. The first-order valence-electron chi connectivity index (χ1n) is 7.26. The molecule has 0 aliphatic carbocycles. The number of rotatable bonds is 5. The van der Waals surface area contributed by atoms with Crippen LogP contribution in [-0.4, -0.2) is 32.0 Å². The SMILES string of the molecule is NC(=O)Cn1nnc(-c2ccccc2NC(=O)c2ccccc2Cl)n1. The fourth-order valence-corrected chi connectivity index (χ4v) is 2.40. The summed E-state index contributed by atoms with van der Waals surface area (Å²) >= 11 is 6.05. The summed E-state index contributed by atoms with van der Waals surface area (Å²) in [5, 5.41) is 14.9. The molecule has 3 aromatic rings. The molecule has 0 aliphatic heterocycles. The molecule has 0 aliphatic rings. The van der Waals surface area contributed by atoms with Gasteiger partial charge in [0, 0.05) is 5.56 Å². The first-order chi connectivity index (χ1) is 12.0. The van der Waals surface area contributed by atoms with Crippen LogP contribution in [0.1, 0.15) is 10.4 Å². The van der Waals surface area contributed by atoms with Crippen molar-refractivity contribution in [3.05, 3.63) is 59.1 Å². The Morgan fingerprint density at radius 2 is 1.84 bits per heavy atom. The number of nitrogens with one attached hydrogen (secondary N) is 1. The monoisotopic (exact) mass is 356 g/mol. The van der Waals surface area contributed by atoms with E-state index in [9.17, 15) is 9.59 Å². The molecule has 126 valence electrons. The number of aromatic nitrogens is 4. The number of para-hydroxylation sites is 1. The van der Waals surface area contributed by atoms with Crippen molar-refractivity contribution >= 4 is 29.1 Å². The minimum absolute atomic E-state index is 0.179. The number of nitrogens with zero attached hydrogens (tertiary/aromatic N) is 4. The van der Waals surface area contributed by atoms with Gasteiger partial charge in [0.1, 0.15) is 6.54 Å². The highest BCUT2D eigenvalue weighted by Crippen LogP contribution is 2.25. The summed E-state index contributed by atoms with van der Waals surface area (Å²) < 4.78 is 0. The molecule has 0 bridgehead atoms. The number of amides is 2. The molecule has 8 nitrogen and oxygen atoms in total. The Morgan fingerprint density at radius 1 is 1.12 bits per heavy atom. The molecule has 2 aromatic carbocycles. The predicted octanol–water partition coefficient (Wildman–Crippen LogP) is 1.73. The zero-order valence-electron chi connectivity index (χ0n) is 12.9. The molecule has 1 aromatic heterocycles. The molecular formula is C16H13ClN6O2. The first-order valence-corrected chi connectivity index (χ1v) is 7.64. The first kappa shape index (κ1) is 16.6. The van der Waals surface area contributed by atoms with Gasteiger partial charge in [-0.25, -0.2) is 0 Å². The highest BCUT2D eigenvalue weighted by atomic mass is 35.5. The molecular weight excluding hydrogens is 344 g/mol. The zero-order valence-corrected chi connectivity index (χ0v) is 13.6. The van der Waals surface area contributed by atoms with Crippen LogP contribution in [0.25, 0.3) is 11.4 Å². The molecule has 0 radical (unpaired) electrons. The van der Waals surface area contributed by atoms with Gasteiger partial charge in [-0.15, -0.1) is 10.2 Å². The second kappa shape index (κ2) is 7.10. The van der Waals surface area contributed by atoms with Crippen LogP contribution in [0.3, 0.4) is 0 Å². The molecule has 1 heterocycles. The van der Waals surface area contributed by atoms with Crippen LogP contribution in [0.5, 0.6) is 0 Å². The summed E-state index contributed by atoms with van der Waals surface area (Å²) in [6.45, 7) is -0.179. The highest BCUT2D eigenvalue weighted by Gasteiger charge is 2.15. The number of halogens is 1. The van der Waals surface area contributed by atoms with Gasteiger partial charge >= 0.3 is 0 Å². The fraction of sp³-hybridized carbons (Fsp3) is 0.0625. The maximum absolute atomic E-state index is 12.5. The van der Waals surface area contributed by atoms with E-state index in [1.165, 1.54) is 0 Å². The number of nitrogens with two attached hydrogens (primary N) is 1. The lowest BCUT2D eigenvalue weighted by Gasteiger charge is -2.09. The zero-order chi connectivity index (χ0) is 17.8. The van der Waals surface area contributed by atoms with Gasteiger partial charge in [0.25, 0.3) is 5.91 Å². The average Bonchev–Trinajstić information content (AvgIpc) is 3.03. The largest absolute Gasteiger partial charge is 0.368 e. The lowest BCUT2D eigenvalue weighted by Crippen LogP contribution is -2.20. The number of benzene rings is 2. The van der Waals surface area contributed by atoms with Gasteiger partial charge in [0.2, 0.25) is 11.7 Å². The van der Waals surface area contributed by atoms with Crippen LogP contribution in [-0.2, 0) is 11.3 Å². The van der Waals surface area contributed by atoms with Gasteiger partial charge < -0.3 is 11.1 Å². The minimum atomic E-state index is -0.579. The third-order valence-corrected chi connectivity index (χ3v) is 3.61. The van der Waals surface area contributed by atoms with Crippen molar-refractivity contribution in [3.8, 4) is 11.4 Å². The second-order valence-corrected chi connectivity index (χ2v) is 5.50. The Morgan fingerprint density at radius 3 is 2.60 bits per heavy atom. The van der Waals surface area contributed by atoms with Crippen molar-refractivity contribution < 1.29 is 9.59 Å². The van der Waals surface area contributed by atoms with Crippen LogP contribution < -0.4 is 11.1 Å². The maximum atomic E-state index is 12.5. The third-order valence-electron chi connectivity index (χ3n) is 3.28. The number of primary amides is 1. The number of hydrogen-bond donors (Lipinski definition) is 2. The van der Waals surface area contributed by atoms with Gasteiger partial charge in [-0.3, -0.25) is 9.59 Å². The van der Waals surface area contributed by atoms with E-state index in [4.69, 9.17) is 17.3 Å². The number of tetrazole rings is 1. The number of carbonyl (C=O) groups is 2. The minimum Gasteiger partial charge on any atom is -0.368 e. The van der Waals surface area contributed by atoms with Crippen LogP contribution in [0.4, 0.5) is 5.69 Å². The molecule has 0 atom stereocenters. The Bertz CT molecular complexity index is 940. The molecule has 25 heavy (non-hydrogen) atoms. The van der Waals surface area contributed by atoms with Gasteiger partial charge in [-0.2, -0.15) is 4.80 Å². The second-order valence-electron chi connectivity index (χ2n) is 5.09. The Balaban J connectivity index is 1.89. The maximum Gasteiger partial charge on any atom is 0.257 e. The van der Waals surface area contributed by atoms with Crippen LogP contribution in [0.15, 0.2) is 48.5 Å². The molecule has 0 saturated carbocycles. The van der Waals surface area contributed by atoms with Gasteiger partial charge in [-0.05, 0) is 29.5 Å². The predicted molar refractivity (Wildman–Crippen MR) is 91.9 cm³/mol. The van der Waals surface area contributed by atoms with Crippen LogP contribution >= 0.6 is 11.6 Å². The third kappa shape index (κ3) is 3.81. The van der Waals surface area contributed by atoms with Crippen molar-refractivity contribution in [1.82, 2.24) is 20.2 Å². The van der Waals surface area contributed by atoms with E-state index in [0.29, 0.717) is 21.8 Å². The summed E-state index contributed by atoms with van der Waals surface area (Å²) in [4.78, 5) is 24.5. The highest BCUT2D eigenvalue weighted by molar-refractivity contribution is 6.34. The Kier molecular flexibility index (Phi) is 4.71. The topological polar surface area (TPSA) is 116 Å². The molecule has 3 N–H and O–H groups in total. The van der Waals surface area contributed by atoms with Crippen LogP contribution in [0.2, 0.25) is 5.02 Å². The molecule has 0 unspecified atom stereocenters. The molecule has 9 heteroatoms. The van der Waals surface area contributed by atoms with Crippen molar-refractivity contribution in [2.45, 2.75) is 6.54 Å². The molecule has 0 spiro atoms. The van der Waals surface area contributed by atoms with E-state index in [-0.39, 0.29) is 18.3 Å². The van der Waals surface area contributed by atoms with Crippen molar-refractivity contribution in [1.29, 1.82) is 0 Å². The standard InChI is InChI=1S/C16H13ClN6O2/c17-12-7-3-1-5-10(12)16(25)19-13-8-4-2-6-11(13)15-20-22-23(21-15)9-14(18)24/h1-8H,9H2,(H2,18,24)(H,19,25).